The van der Waals surface area contributed by atoms with Crippen molar-refractivity contribution in [1.29, 1.82) is 0 Å². The highest BCUT2D eigenvalue weighted by molar-refractivity contribution is 6.31. The molecule has 1 N–H and O–H groups in total. The zero-order valence-corrected chi connectivity index (χ0v) is 11.1. The fourth-order valence-corrected chi connectivity index (χ4v) is 2.22. The van der Waals surface area contributed by atoms with Crippen LogP contribution in [0.15, 0.2) is 36.9 Å². The van der Waals surface area contributed by atoms with Crippen molar-refractivity contribution in [3.05, 3.63) is 47.5 Å². The number of hydrogen-bond donors (Lipinski definition) is 1. The lowest BCUT2D eigenvalue weighted by Crippen LogP contribution is -2.02. The van der Waals surface area contributed by atoms with Crippen LogP contribution in [-0.4, -0.2) is 26.6 Å². The summed E-state index contributed by atoms with van der Waals surface area (Å²) >= 11 is 6.19. The predicted molar refractivity (Wildman–Crippen MR) is 75.4 cm³/mol. The average Bonchev–Trinajstić information content (AvgIpc) is 2.85. The van der Waals surface area contributed by atoms with Crippen LogP contribution in [0.2, 0.25) is 5.02 Å². The summed E-state index contributed by atoms with van der Waals surface area (Å²) in [6.45, 7) is 0.637. The van der Waals surface area contributed by atoms with Crippen molar-refractivity contribution >= 4 is 28.6 Å². The Hall–Kier alpha value is -2.14. The lowest BCUT2D eigenvalue weighted by atomic mass is 10.2. The van der Waals surface area contributed by atoms with E-state index in [1.54, 1.807) is 6.33 Å². The van der Waals surface area contributed by atoms with Gasteiger partial charge in [-0.15, -0.1) is 0 Å². The summed E-state index contributed by atoms with van der Waals surface area (Å²) in [6, 6.07) is 7.76. The first-order valence-electron chi connectivity index (χ1n) is 5.86. The minimum Gasteiger partial charge on any atom is -0.371 e. The number of imidazole rings is 1. The Bertz CT molecular complexity index is 722. The maximum atomic E-state index is 6.19. The number of rotatable bonds is 3. The summed E-state index contributed by atoms with van der Waals surface area (Å²) in [5.41, 5.74) is 2.59. The van der Waals surface area contributed by atoms with E-state index in [2.05, 4.69) is 20.3 Å². The second-order valence-corrected chi connectivity index (χ2v) is 4.52. The van der Waals surface area contributed by atoms with Gasteiger partial charge in [-0.05, 0) is 11.6 Å². The maximum Gasteiger partial charge on any atom is 0.182 e. The molecule has 0 atom stereocenters. The number of hydrogen-bond acceptors (Lipinski definition) is 4. The highest BCUT2D eigenvalue weighted by Gasteiger charge is 2.10. The van der Waals surface area contributed by atoms with Gasteiger partial charge in [-0.2, -0.15) is 0 Å². The summed E-state index contributed by atoms with van der Waals surface area (Å²) in [5.74, 6) is 0.759. The second kappa shape index (κ2) is 4.85. The first-order chi connectivity index (χ1) is 9.29. The van der Waals surface area contributed by atoms with E-state index in [9.17, 15) is 0 Å². The molecule has 5 nitrogen and oxygen atoms in total. The minimum atomic E-state index is 0.637. The molecule has 2 heterocycles. The van der Waals surface area contributed by atoms with E-state index >= 15 is 0 Å². The molecule has 0 fully saturated rings. The molecule has 96 valence electrons. The largest absolute Gasteiger partial charge is 0.371 e. The quantitative estimate of drug-likeness (QED) is 0.797. The minimum absolute atomic E-state index is 0.637. The van der Waals surface area contributed by atoms with Crippen LogP contribution in [0.4, 0.5) is 5.82 Å². The van der Waals surface area contributed by atoms with Crippen molar-refractivity contribution in [1.82, 2.24) is 19.5 Å². The molecule has 0 bridgehead atoms. The molecule has 0 unspecified atom stereocenters. The van der Waals surface area contributed by atoms with Gasteiger partial charge in [0.2, 0.25) is 0 Å². The number of halogens is 1. The molecule has 2 aromatic heterocycles. The van der Waals surface area contributed by atoms with E-state index in [1.807, 2.05) is 35.9 Å². The number of anilines is 1. The zero-order chi connectivity index (χ0) is 13.2. The SMILES string of the molecule is CNc1ncnc2ncn(Cc3ccccc3Cl)c12. The van der Waals surface area contributed by atoms with Gasteiger partial charge >= 0.3 is 0 Å². The van der Waals surface area contributed by atoms with Gasteiger partial charge < -0.3 is 9.88 Å². The summed E-state index contributed by atoms with van der Waals surface area (Å²) < 4.78 is 1.99. The molecule has 0 saturated heterocycles. The van der Waals surface area contributed by atoms with E-state index in [1.165, 1.54) is 6.33 Å². The van der Waals surface area contributed by atoms with Gasteiger partial charge in [-0.25, -0.2) is 15.0 Å². The van der Waals surface area contributed by atoms with Crippen LogP contribution in [0.1, 0.15) is 5.56 Å². The van der Waals surface area contributed by atoms with Gasteiger partial charge in [0, 0.05) is 12.1 Å². The Morgan fingerprint density at radius 2 is 2.05 bits per heavy atom. The number of benzene rings is 1. The molecule has 1 aromatic carbocycles. The first kappa shape index (κ1) is 11.9. The van der Waals surface area contributed by atoms with Crippen molar-refractivity contribution in [2.75, 3.05) is 12.4 Å². The molecule has 0 spiro atoms. The van der Waals surface area contributed by atoms with Gasteiger partial charge in [0.05, 0.1) is 12.9 Å². The van der Waals surface area contributed by atoms with Crippen LogP contribution >= 0.6 is 11.6 Å². The monoisotopic (exact) mass is 273 g/mol. The van der Waals surface area contributed by atoms with Crippen molar-refractivity contribution in [3.63, 3.8) is 0 Å². The maximum absolute atomic E-state index is 6.19. The van der Waals surface area contributed by atoms with Crippen LogP contribution in [0.25, 0.3) is 11.2 Å². The van der Waals surface area contributed by atoms with Crippen molar-refractivity contribution in [2.24, 2.45) is 0 Å². The molecule has 3 rings (SSSR count). The topological polar surface area (TPSA) is 55.6 Å². The van der Waals surface area contributed by atoms with Gasteiger partial charge in [0.25, 0.3) is 0 Å². The molecule has 3 aromatic rings. The molecular weight excluding hydrogens is 262 g/mol. The third-order valence-corrected chi connectivity index (χ3v) is 3.31. The lowest BCUT2D eigenvalue weighted by Gasteiger charge is -2.08. The summed E-state index contributed by atoms with van der Waals surface area (Å²) in [7, 11) is 1.83. The summed E-state index contributed by atoms with van der Waals surface area (Å²) in [4.78, 5) is 12.6. The fourth-order valence-electron chi connectivity index (χ4n) is 2.02. The molecule has 6 heteroatoms. The molecule has 0 saturated carbocycles. The first-order valence-corrected chi connectivity index (χ1v) is 6.24. The van der Waals surface area contributed by atoms with E-state index in [-0.39, 0.29) is 0 Å². The molecule has 19 heavy (non-hydrogen) atoms. The second-order valence-electron chi connectivity index (χ2n) is 4.11. The lowest BCUT2D eigenvalue weighted by molar-refractivity contribution is 0.823. The Morgan fingerprint density at radius 1 is 1.21 bits per heavy atom. The van der Waals surface area contributed by atoms with Crippen LogP contribution in [-0.2, 0) is 6.54 Å². The molecule has 0 amide bonds. The van der Waals surface area contributed by atoms with Crippen molar-refractivity contribution in [3.8, 4) is 0 Å². The molecule has 0 aliphatic heterocycles. The predicted octanol–water partition coefficient (Wildman–Crippen LogP) is 2.57. The summed E-state index contributed by atoms with van der Waals surface area (Å²) in [6.07, 6.45) is 3.25. The average molecular weight is 274 g/mol. The molecular formula is C13H12ClN5. The Kier molecular flexibility index (Phi) is 3.05. The van der Waals surface area contributed by atoms with E-state index in [4.69, 9.17) is 11.6 Å². The Morgan fingerprint density at radius 3 is 2.84 bits per heavy atom. The normalized spacial score (nSPS) is 10.8. The highest BCUT2D eigenvalue weighted by atomic mass is 35.5. The Balaban J connectivity index is 2.09. The third kappa shape index (κ3) is 2.13. The van der Waals surface area contributed by atoms with E-state index < -0.39 is 0 Å². The van der Waals surface area contributed by atoms with Crippen molar-refractivity contribution < 1.29 is 0 Å². The number of nitrogens with one attached hydrogen (secondary N) is 1. The highest BCUT2D eigenvalue weighted by Crippen LogP contribution is 2.21. The fraction of sp³-hybridized carbons (Fsp3) is 0.154. The van der Waals surface area contributed by atoms with Crippen LogP contribution in [0.5, 0.6) is 0 Å². The van der Waals surface area contributed by atoms with Gasteiger partial charge in [0.15, 0.2) is 11.5 Å². The van der Waals surface area contributed by atoms with Gasteiger partial charge in [0.1, 0.15) is 11.8 Å². The van der Waals surface area contributed by atoms with Crippen LogP contribution < -0.4 is 5.32 Å². The smallest absolute Gasteiger partial charge is 0.182 e. The van der Waals surface area contributed by atoms with Gasteiger partial charge in [-0.1, -0.05) is 29.8 Å². The third-order valence-electron chi connectivity index (χ3n) is 2.94. The standard InChI is InChI=1S/C13H12ClN5/c1-15-12-11-13(17-7-16-12)18-8-19(11)6-9-4-2-3-5-10(9)14/h2-5,7-8H,6H2,1H3,(H,15,16,17). The number of nitrogens with zero attached hydrogens (tertiary/aromatic N) is 4. The zero-order valence-electron chi connectivity index (χ0n) is 10.3. The van der Waals surface area contributed by atoms with Crippen LogP contribution in [0, 0.1) is 0 Å². The molecule has 0 radical (unpaired) electrons. The number of fused-ring (bicyclic) bond motifs is 1. The summed E-state index contributed by atoms with van der Waals surface area (Å²) in [5, 5.41) is 3.79. The Labute approximate surface area is 115 Å². The van der Waals surface area contributed by atoms with Crippen LogP contribution in [0.3, 0.4) is 0 Å². The van der Waals surface area contributed by atoms with E-state index in [0.29, 0.717) is 12.2 Å². The molecule has 0 aliphatic rings. The van der Waals surface area contributed by atoms with E-state index in [0.717, 1.165) is 21.9 Å². The molecule has 0 aliphatic carbocycles. The number of aromatic nitrogens is 4. The van der Waals surface area contributed by atoms with Crippen molar-refractivity contribution in [2.45, 2.75) is 6.54 Å². The van der Waals surface area contributed by atoms with Gasteiger partial charge in [-0.3, -0.25) is 0 Å².